The molecule has 0 bridgehead atoms. The average Bonchev–Trinajstić information content (AvgIpc) is 2.28. The Morgan fingerprint density at radius 3 is 2.50 bits per heavy atom. The molecule has 3 heteroatoms. The maximum Gasteiger partial charge on any atom is 0.125 e. The summed E-state index contributed by atoms with van der Waals surface area (Å²) in [6.45, 7) is 11.1. The minimum absolute atomic E-state index is 0.0251. The van der Waals surface area contributed by atoms with E-state index in [1.165, 1.54) is 16.7 Å². The summed E-state index contributed by atoms with van der Waals surface area (Å²) < 4.78 is 5.57. The van der Waals surface area contributed by atoms with Gasteiger partial charge in [-0.25, -0.2) is 0 Å². The number of hydrogen-bond donors (Lipinski definition) is 2. The van der Waals surface area contributed by atoms with Crippen molar-refractivity contribution in [2.24, 2.45) is 5.73 Å². The van der Waals surface area contributed by atoms with Gasteiger partial charge in [-0.1, -0.05) is 31.5 Å². The standard InChI is InChI=1S/C15H26N2O/c1-11-8-12(2)14(18-5)13(9-11)15(3,4)10-17-7-6-16/h8-9,17H,6-7,10,16H2,1-5H3. The van der Waals surface area contributed by atoms with Crippen LogP contribution in [0.5, 0.6) is 5.75 Å². The molecule has 102 valence electrons. The van der Waals surface area contributed by atoms with Crippen molar-refractivity contribution in [3.05, 3.63) is 28.8 Å². The molecule has 0 saturated heterocycles. The summed E-state index contributed by atoms with van der Waals surface area (Å²) in [5.74, 6) is 1.00. The van der Waals surface area contributed by atoms with Crippen LogP contribution >= 0.6 is 0 Å². The number of benzene rings is 1. The third-order valence-corrected chi connectivity index (χ3v) is 3.24. The number of nitrogens with one attached hydrogen (secondary N) is 1. The zero-order chi connectivity index (χ0) is 13.8. The van der Waals surface area contributed by atoms with E-state index in [0.29, 0.717) is 6.54 Å². The largest absolute Gasteiger partial charge is 0.496 e. The normalized spacial score (nSPS) is 11.7. The van der Waals surface area contributed by atoms with Crippen LogP contribution in [0.25, 0.3) is 0 Å². The molecular formula is C15H26N2O. The second-order valence-electron chi connectivity index (χ2n) is 5.51. The van der Waals surface area contributed by atoms with Gasteiger partial charge in [-0.2, -0.15) is 0 Å². The number of nitrogens with two attached hydrogens (primary N) is 1. The maximum atomic E-state index is 5.57. The van der Waals surface area contributed by atoms with E-state index in [0.717, 1.165) is 18.8 Å². The number of ether oxygens (including phenoxy) is 1. The molecule has 1 aromatic rings. The van der Waals surface area contributed by atoms with E-state index in [9.17, 15) is 0 Å². The molecule has 0 amide bonds. The molecule has 18 heavy (non-hydrogen) atoms. The second kappa shape index (κ2) is 6.21. The molecule has 0 aromatic heterocycles. The van der Waals surface area contributed by atoms with E-state index < -0.39 is 0 Å². The Bertz CT molecular complexity index is 400. The van der Waals surface area contributed by atoms with E-state index in [4.69, 9.17) is 10.5 Å². The topological polar surface area (TPSA) is 47.3 Å². The lowest BCUT2D eigenvalue weighted by atomic mass is 9.82. The number of hydrogen-bond acceptors (Lipinski definition) is 3. The molecule has 0 aliphatic rings. The van der Waals surface area contributed by atoms with Gasteiger partial charge in [0.25, 0.3) is 0 Å². The number of methoxy groups -OCH3 is 1. The first-order chi connectivity index (χ1) is 8.42. The van der Waals surface area contributed by atoms with E-state index in [1.807, 2.05) is 0 Å². The molecule has 0 saturated carbocycles. The molecule has 3 nitrogen and oxygen atoms in total. The van der Waals surface area contributed by atoms with Crippen LogP contribution in [0.15, 0.2) is 12.1 Å². The van der Waals surface area contributed by atoms with Gasteiger partial charge in [0.2, 0.25) is 0 Å². The van der Waals surface area contributed by atoms with Gasteiger partial charge in [-0.3, -0.25) is 0 Å². The Balaban J connectivity index is 3.05. The van der Waals surface area contributed by atoms with Gasteiger partial charge in [-0.05, 0) is 19.4 Å². The van der Waals surface area contributed by atoms with Crippen molar-refractivity contribution in [1.82, 2.24) is 5.32 Å². The van der Waals surface area contributed by atoms with Crippen LogP contribution in [-0.2, 0) is 5.41 Å². The first kappa shape index (κ1) is 15.0. The molecule has 3 N–H and O–H groups in total. The minimum atomic E-state index is 0.0251. The third kappa shape index (κ3) is 3.47. The lowest BCUT2D eigenvalue weighted by Gasteiger charge is -2.29. The van der Waals surface area contributed by atoms with E-state index >= 15 is 0 Å². The van der Waals surface area contributed by atoms with Gasteiger partial charge >= 0.3 is 0 Å². The fraction of sp³-hybridized carbons (Fsp3) is 0.600. The lowest BCUT2D eigenvalue weighted by Crippen LogP contribution is -2.36. The van der Waals surface area contributed by atoms with Crippen molar-refractivity contribution in [3.8, 4) is 5.75 Å². The number of rotatable bonds is 6. The fourth-order valence-corrected chi connectivity index (χ4v) is 2.33. The molecule has 1 aromatic carbocycles. The zero-order valence-electron chi connectivity index (χ0n) is 12.3. The van der Waals surface area contributed by atoms with Crippen molar-refractivity contribution in [3.63, 3.8) is 0 Å². The number of aryl methyl sites for hydroxylation is 2. The smallest absolute Gasteiger partial charge is 0.125 e. The average molecular weight is 250 g/mol. The van der Waals surface area contributed by atoms with Gasteiger partial charge in [-0.15, -0.1) is 0 Å². The predicted molar refractivity (Wildman–Crippen MR) is 77.4 cm³/mol. The molecule has 0 atom stereocenters. The maximum absolute atomic E-state index is 5.57. The summed E-state index contributed by atoms with van der Waals surface area (Å²) in [4.78, 5) is 0. The highest BCUT2D eigenvalue weighted by Gasteiger charge is 2.25. The van der Waals surface area contributed by atoms with Gasteiger partial charge in [0, 0.05) is 30.6 Å². The first-order valence-electron chi connectivity index (χ1n) is 6.49. The van der Waals surface area contributed by atoms with Crippen LogP contribution in [0, 0.1) is 13.8 Å². The lowest BCUT2D eigenvalue weighted by molar-refractivity contribution is 0.383. The van der Waals surface area contributed by atoms with Crippen LogP contribution in [0.4, 0.5) is 0 Å². The molecule has 0 aliphatic carbocycles. The van der Waals surface area contributed by atoms with E-state index in [2.05, 4.69) is 45.1 Å². The predicted octanol–water partition coefficient (Wildman–Crippen LogP) is 2.14. The molecule has 0 fully saturated rings. The van der Waals surface area contributed by atoms with Crippen molar-refractivity contribution >= 4 is 0 Å². The quantitative estimate of drug-likeness (QED) is 0.760. The molecule has 0 unspecified atom stereocenters. The Morgan fingerprint density at radius 1 is 1.28 bits per heavy atom. The second-order valence-corrected chi connectivity index (χ2v) is 5.51. The highest BCUT2D eigenvalue weighted by Crippen LogP contribution is 2.34. The van der Waals surface area contributed by atoms with Gasteiger partial charge in [0.15, 0.2) is 0 Å². The highest BCUT2D eigenvalue weighted by atomic mass is 16.5. The SMILES string of the molecule is COc1c(C)cc(C)cc1C(C)(C)CNCCN. The fourth-order valence-electron chi connectivity index (χ4n) is 2.33. The van der Waals surface area contributed by atoms with Crippen molar-refractivity contribution in [2.45, 2.75) is 33.1 Å². The molecule has 0 heterocycles. The van der Waals surface area contributed by atoms with Gasteiger partial charge in [0.05, 0.1) is 7.11 Å². The van der Waals surface area contributed by atoms with Crippen molar-refractivity contribution in [1.29, 1.82) is 0 Å². The molecular weight excluding hydrogens is 224 g/mol. The Labute approximate surface area is 111 Å². The summed E-state index contributed by atoms with van der Waals surface area (Å²) >= 11 is 0. The van der Waals surface area contributed by atoms with Crippen LogP contribution < -0.4 is 15.8 Å². The van der Waals surface area contributed by atoms with Gasteiger partial charge in [0.1, 0.15) is 5.75 Å². The summed E-state index contributed by atoms with van der Waals surface area (Å²) in [6.07, 6.45) is 0. The molecule has 1 rings (SSSR count). The zero-order valence-corrected chi connectivity index (χ0v) is 12.3. The molecule has 0 aliphatic heterocycles. The Hall–Kier alpha value is -1.06. The minimum Gasteiger partial charge on any atom is -0.496 e. The molecule has 0 radical (unpaired) electrons. The monoisotopic (exact) mass is 250 g/mol. The Morgan fingerprint density at radius 2 is 1.94 bits per heavy atom. The van der Waals surface area contributed by atoms with Crippen molar-refractivity contribution in [2.75, 3.05) is 26.7 Å². The third-order valence-electron chi connectivity index (χ3n) is 3.24. The summed E-state index contributed by atoms with van der Waals surface area (Å²) in [7, 11) is 1.74. The van der Waals surface area contributed by atoms with Crippen LogP contribution in [-0.4, -0.2) is 26.7 Å². The van der Waals surface area contributed by atoms with E-state index in [1.54, 1.807) is 7.11 Å². The van der Waals surface area contributed by atoms with Gasteiger partial charge < -0.3 is 15.8 Å². The van der Waals surface area contributed by atoms with Crippen LogP contribution in [0.3, 0.4) is 0 Å². The first-order valence-corrected chi connectivity index (χ1v) is 6.49. The van der Waals surface area contributed by atoms with Crippen LogP contribution in [0.1, 0.15) is 30.5 Å². The Kier molecular flexibility index (Phi) is 5.17. The summed E-state index contributed by atoms with van der Waals surface area (Å²) in [5.41, 5.74) is 9.26. The highest BCUT2D eigenvalue weighted by molar-refractivity contribution is 5.47. The molecule has 0 spiro atoms. The summed E-state index contributed by atoms with van der Waals surface area (Å²) in [5, 5.41) is 3.38. The summed E-state index contributed by atoms with van der Waals surface area (Å²) in [6, 6.07) is 4.38. The van der Waals surface area contributed by atoms with Crippen LogP contribution in [0.2, 0.25) is 0 Å². The van der Waals surface area contributed by atoms with E-state index in [-0.39, 0.29) is 5.41 Å². The van der Waals surface area contributed by atoms with Crippen molar-refractivity contribution < 1.29 is 4.74 Å².